The summed E-state index contributed by atoms with van der Waals surface area (Å²) in [4.78, 5) is 1.59. The van der Waals surface area contributed by atoms with Crippen molar-refractivity contribution in [2.45, 2.75) is 51.4 Å². The molecule has 3 heteroatoms. The van der Waals surface area contributed by atoms with Crippen molar-refractivity contribution in [3.8, 4) is 0 Å². The first-order chi connectivity index (χ1) is 6.76. The second kappa shape index (κ2) is 3.70. The van der Waals surface area contributed by atoms with Gasteiger partial charge in [0.05, 0.1) is 2.88 Å². The Morgan fingerprint density at radius 2 is 1.67 bits per heavy atom. The Labute approximate surface area is 118 Å². The number of hydrogen-bond donors (Lipinski definition) is 0. The van der Waals surface area contributed by atoms with Crippen LogP contribution in [0.2, 0.25) is 0 Å². The molecular weight excluding hydrogens is 383 g/mol. The van der Waals surface area contributed by atoms with Crippen molar-refractivity contribution in [2.75, 3.05) is 0 Å². The lowest BCUT2D eigenvalue weighted by atomic mass is 9.67. The van der Waals surface area contributed by atoms with Crippen LogP contribution in [0.25, 0.3) is 0 Å². The lowest BCUT2D eigenvalue weighted by molar-refractivity contribution is 0.338. The van der Waals surface area contributed by atoms with E-state index in [1.54, 1.807) is 10.4 Å². The zero-order valence-electron chi connectivity index (χ0n) is 9.58. The molecule has 0 nitrogen and oxygen atoms in total. The van der Waals surface area contributed by atoms with Gasteiger partial charge >= 0.3 is 0 Å². The highest BCUT2D eigenvalue weighted by molar-refractivity contribution is 14.1. The standard InChI is InChI=1S/C12H16BrIS/c1-11(2)5-6-12(3,4)9-7(11)8(13)10(14)15-9/h5-6H2,1-4H3. The number of hydrogen-bond acceptors (Lipinski definition) is 1. The molecule has 0 saturated carbocycles. The maximum atomic E-state index is 3.77. The molecule has 1 heterocycles. The minimum atomic E-state index is 0.337. The highest BCUT2D eigenvalue weighted by Crippen LogP contribution is 2.53. The van der Waals surface area contributed by atoms with Crippen LogP contribution in [0.4, 0.5) is 0 Å². The third-order valence-corrected chi connectivity index (χ3v) is 7.82. The maximum Gasteiger partial charge on any atom is 0.0801 e. The zero-order chi connectivity index (χ0) is 11.4. The Morgan fingerprint density at radius 3 is 2.20 bits per heavy atom. The van der Waals surface area contributed by atoms with Gasteiger partial charge in [0.25, 0.3) is 0 Å². The number of thiophene rings is 1. The number of halogens is 2. The van der Waals surface area contributed by atoms with Gasteiger partial charge in [-0.3, -0.25) is 0 Å². The first kappa shape index (κ1) is 12.4. The van der Waals surface area contributed by atoms with Crippen LogP contribution >= 0.6 is 49.9 Å². The third-order valence-electron chi connectivity index (χ3n) is 3.48. The Kier molecular flexibility index (Phi) is 3.05. The van der Waals surface area contributed by atoms with Gasteiger partial charge in [-0.2, -0.15) is 0 Å². The van der Waals surface area contributed by atoms with Gasteiger partial charge in [0.1, 0.15) is 0 Å². The molecule has 0 bridgehead atoms. The summed E-state index contributed by atoms with van der Waals surface area (Å²) in [5.74, 6) is 0. The van der Waals surface area contributed by atoms with E-state index in [4.69, 9.17) is 0 Å². The van der Waals surface area contributed by atoms with Crippen molar-refractivity contribution in [1.82, 2.24) is 0 Å². The van der Waals surface area contributed by atoms with Gasteiger partial charge in [-0.1, -0.05) is 27.7 Å². The topological polar surface area (TPSA) is 0 Å². The molecule has 2 rings (SSSR count). The van der Waals surface area contributed by atoms with Gasteiger partial charge in [0, 0.05) is 9.35 Å². The molecule has 0 amide bonds. The summed E-state index contributed by atoms with van der Waals surface area (Å²) in [6.45, 7) is 9.49. The van der Waals surface area contributed by atoms with Crippen molar-refractivity contribution in [2.24, 2.45) is 0 Å². The molecule has 0 unspecified atom stereocenters. The van der Waals surface area contributed by atoms with Crippen LogP contribution in [-0.4, -0.2) is 0 Å². The van der Waals surface area contributed by atoms with Gasteiger partial charge in [-0.15, -0.1) is 11.3 Å². The van der Waals surface area contributed by atoms with Crippen LogP contribution in [0.5, 0.6) is 0 Å². The first-order valence-corrected chi connectivity index (χ1v) is 7.93. The number of rotatable bonds is 0. The summed E-state index contributed by atoms with van der Waals surface area (Å²) in [6, 6.07) is 0. The Morgan fingerprint density at radius 1 is 1.13 bits per heavy atom. The fourth-order valence-electron chi connectivity index (χ4n) is 2.33. The molecule has 15 heavy (non-hydrogen) atoms. The Bertz CT molecular complexity index is 404. The van der Waals surface area contributed by atoms with Gasteiger partial charge in [-0.25, -0.2) is 0 Å². The SMILES string of the molecule is CC1(C)CCC(C)(C)c2c1sc(I)c2Br. The van der Waals surface area contributed by atoms with Crippen LogP contribution in [0.1, 0.15) is 51.0 Å². The fraction of sp³-hybridized carbons (Fsp3) is 0.667. The fourth-order valence-corrected chi connectivity index (χ4v) is 5.60. The van der Waals surface area contributed by atoms with Crippen LogP contribution < -0.4 is 0 Å². The van der Waals surface area contributed by atoms with Crippen LogP contribution in [0, 0.1) is 2.88 Å². The molecule has 1 aromatic rings. The number of fused-ring (bicyclic) bond motifs is 1. The maximum absolute atomic E-state index is 3.77. The molecule has 0 radical (unpaired) electrons. The molecule has 1 aromatic heterocycles. The largest absolute Gasteiger partial charge is 0.132 e. The second-order valence-corrected chi connectivity index (χ2v) is 9.29. The van der Waals surface area contributed by atoms with E-state index in [0.717, 1.165) is 0 Å². The summed E-state index contributed by atoms with van der Waals surface area (Å²) in [6.07, 6.45) is 2.59. The van der Waals surface area contributed by atoms with Gasteiger partial charge in [-0.05, 0) is 67.8 Å². The molecule has 0 spiro atoms. The molecule has 84 valence electrons. The van der Waals surface area contributed by atoms with Crippen LogP contribution in [0.15, 0.2) is 4.47 Å². The van der Waals surface area contributed by atoms with Crippen molar-refractivity contribution < 1.29 is 0 Å². The molecule has 0 atom stereocenters. The molecule has 0 aromatic carbocycles. The van der Waals surface area contributed by atoms with Gasteiger partial charge in [0.15, 0.2) is 0 Å². The minimum Gasteiger partial charge on any atom is -0.132 e. The summed E-state index contributed by atoms with van der Waals surface area (Å²) < 4.78 is 2.75. The quantitative estimate of drug-likeness (QED) is 0.508. The highest BCUT2D eigenvalue weighted by atomic mass is 127. The summed E-state index contributed by atoms with van der Waals surface area (Å²) in [7, 11) is 0. The molecule has 0 fully saturated rings. The molecule has 0 aliphatic heterocycles. The van der Waals surface area contributed by atoms with E-state index in [-0.39, 0.29) is 0 Å². The molecule has 0 N–H and O–H groups in total. The second-order valence-electron chi connectivity index (χ2n) is 5.66. The average Bonchev–Trinajstić information content (AvgIpc) is 2.40. The molecule has 0 saturated heterocycles. The van der Waals surface area contributed by atoms with Gasteiger partial charge < -0.3 is 0 Å². The van der Waals surface area contributed by atoms with Gasteiger partial charge in [0.2, 0.25) is 0 Å². The third kappa shape index (κ3) is 1.93. The smallest absolute Gasteiger partial charge is 0.0801 e. The van der Waals surface area contributed by atoms with Crippen molar-refractivity contribution in [3.63, 3.8) is 0 Å². The van der Waals surface area contributed by atoms with E-state index in [2.05, 4.69) is 66.2 Å². The summed E-state index contributed by atoms with van der Waals surface area (Å²) in [5.41, 5.74) is 2.26. The van der Waals surface area contributed by atoms with E-state index in [1.807, 2.05) is 11.3 Å². The van der Waals surface area contributed by atoms with E-state index in [1.165, 1.54) is 20.2 Å². The van der Waals surface area contributed by atoms with Crippen molar-refractivity contribution in [1.29, 1.82) is 0 Å². The molecular formula is C12H16BrIS. The monoisotopic (exact) mass is 398 g/mol. The minimum absolute atomic E-state index is 0.337. The predicted octanol–water partition coefficient (Wildman–Crippen LogP) is 5.46. The summed E-state index contributed by atoms with van der Waals surface area (Å²) in [5, 5.41) is 0. The Hall–Kier alpha value is 0.910. The zero-order valence-corrected chi connectivity index (χ0v) is 14.1. The van der Waals surface area contributed by atoms with Crippen molar-refractivity contribution >= 4 is 49.9 Å². The average molecular weight is 399 g/mol. The Balaban J connectivity index is 2.70. The van der Waals surface area contributed by atoms with E-state index < -0.39 is 0 Å². The lowest BCUT2D eigenvalue weighted by Gasteiger charge is -2.39. The van der Waals surface area contributed by atoms with E-state index >= 15 is 0 Å². The predicted molar refractivity (Wildman–Crippen MR) is 80.0 cm³/mol. The first-order valence-electron chi connectivity index (χ1n) is 5.24. The summed E-state index contributed by atoms with van der Waals surface area (Å²) >= 11 is 8.18. The molecule has 1 aliphatic carbocycles. The van der Waals surface area contributed by atoms with Crippen LogP contribution in [0.3, 0.4) is 0 Å². The normalized spacial score (nSPS) is 22.5. The molecule has 1 aliphatic rings. The highest BCUT2D eigenvalue weighted by Gasteiger charge is 2.40. The van der Waals surface area contributed by atoms with Crippen LogP contribution in [-0.2, 0) is 10.8 Å². The van der Waals surface area contributed by atoms with E-state index in [0.29, 0.717) is 10.8 Å². The van der Waals surface area contributed by atoms with Crippen molar-refractivity contribution in [3.05, 3.63) is 17.8 Å². The van der Waals surface area contributed by atoms with E-state index in [9.17, 15) is 0 Å². The lowest BCUT2D eigenvalue weighted by Crippen LogP contribution is -2.32.